The van der Waals surface area contributed by atoms with Crippen LogP contribution in [0.15, 0.2) is 24.3 Å². The molecule has 0 bridgehead atoms. The Hall–Kier alpha value is -3.62. The fraction of sp³-hybridized carbons (Fsp3) is 0.440. The second kappa shape index (κ2) is 12.0. The minimum absolute atomic E-state index is 0.00203. The molecule has 2 rings (SSSR count). The largest absolute Gasteiger partial charge is 0.462 e. The van der Waals surface area contributed by atoms with Crippen LogP contribution in [0.25, 0.3) is 5.69 Å². The summed E-state index contributed by atoms with van der Waals surface area (Å²) in [6.45, 7) is 10.4. The van der Waals surface area contributed by atoms with Crippen LogP contribution < -0.4 is 0 Å². The van der Waals surface area contributed by atoms with Gasteiger partial charge in [-0.25, -0.2) is 19.2 Å². The second-order valence-corrected chi connectivity index (χ2v) is 7.41. The van der Waals surface area contributed by atoms with Crippen LogP contribution in [0.2, 0.25) is 0 Å². The van der Waals surface area contributed by atoms with E-state index in [2.05, 4.69) is 0 Å². The molecule has 0 aliphatic carbocycles. The molecule has 0 saturated carbocycles. The molecule has 0 amide bonds. The summed E-state index contributed by atoms with van der Waals surface area (Å²) in [5, 5.41) is 0. The van der Waals surface area contributed by atoms with E-state index in [0.717, 1.165) is 5.56 Å². The zero-order valence-electron chi connectivity index (χ0n) is 20.4. The van der Waals surface area contributed by atoms with Crippen molar-refractivity contribution in [3.8, 4) is 5.69 Å². The number of carbonyl (C=O) groups excluding carboxylic acids is 4. The molecular formula is C25H31NO8. The molecule has 0 aliphatic heterocycles. The number of ether oxygens (including phenoxy) is 4. The van der Waals surface area contributed by atoms with Crippen molar-refractivity contribution < 1.29 is 38.1 Å². The van der Waals surface area contributed by atoms with Crippen molar-refractivity contribution in [2.24, 2.45) is 0 Å². The summed E-state index contributed by atoms with van der Waals surface area (Å²) >= 11 is 0. The van der Waals surface area contributed by atoms with Crippen LogP contribution in [0.1, 0.15) is 94.7 Å². The number of carbonyl (C=O) groups is 4. The highest BCUT2D eigenvalue weighted by molar-refractivity contribution is 6.16. The summed E-state index contributed by atoms with van der Waals surface area (Å²) in [6, 6.07) is 7.03. The lowest BCUT2D eigenvalue weighted by Crippen LogP contribution is -2.19. The standard InChI is InChI=1S/C25H31NO8/c1-7-31-22(27)18-19(23(28)32-8-2)21(25(30)34-10-4)26(20(18)24(29)33-9-3)17-13-11-16(12-14-17)15(5)6/h11-15H,7-10H2,1-6H3. The van der Waals surface area contributed by atoms with E-state index < -0.39 is 35.0 Å². The van der Waals surface area contributed by atoms with E-state index in [1.807, 2.05) is 26.0 Å². The molecule has 1 aromatic heterocycles. The van der Waals surface area contributed by atoms with E-state index in [1.54, 1.807) is 39.8 Å². The van der Waals surface area contributed by atoms with Gasteiger partial charge in [-0.1, -0.05) is 26.0 Å². The molecule has 9 nitrogen and oxygen atoms in total. The Bertz CT molecular complexity index is 992. The van der Waals surface area contributed by atoms with Crippen molar-refractivity contribution in [1.29, 1.82) is 0 Å². The molecule has 9 heteroatoms. The van der Waals surface area contributed by atoms with Crippen molar-refractivity contribution in [3.63, 3.8) is 0 Å². The van der Waals surface area contributed by atoms with E-state index in [1.165, 1.54) is 4.57 Å². The summed E-state index contributed by atoms with van der Waals surface area (Å²) in [7, 11) is 0. The molecule has 0 saturated heterocycles. The predicted octanol–water partition coefficient (Wildman–Crippen LogP) is 4.31. The smallest absolute Gasteiger partial charge is 0.356 e. The first-order chi connectivity index (χ1) is 16.2. The number of aromatic nitrogens is 1. The summed E-state index contributed by atoms with van der Waals surface area (Å²) in [5.74, 6) is -3.49. The average molecular weight is 474 g/mol. The summed E-state index contributed by atoms with van der Waals surface area (Å²) in [5.41, 5.74) is -0.0732. The SMILES string of the molecule is CCOC(=O)c1c(C(=O)OCC)c(C(=O)OCC)n(-c2ccc(C(C)C)cc2)c1C(=O)OCC. The Morgan fingerprint density at radius 2 is 1.00 bits per heavy atom. The van der Waals surface area contributed by atoms with Gasteiger partial charge in [0.25, 0.3) is 0 Å². The Kier molecular flexibility index (Phi) is 9.41. The number of hydrogen-bond donors (Lipinski definition) is 0. The zero-order valence-corrected chi connectivity index (χ0v) is 20.4. The van der Waals surface area contributed by atoms with Gasteiger partial charge < -0.3 is 18.9 Å². The Morgan fingerprint density at radius 1 is 0.647 bits per heavy atom. The fourth-order valence-electron chi connectivity index (χ4n) is 3.43. The quantitative estimate of drug-likeness (QED) is 0.371. The molecular weight excluding hydrogens is 442 g/mol. The average Bonchev–Trinajstić information content (AvgIpc) is 3.16. The lowest BCUT2D eigenvalue weighted by Gasteiger charge is -2.14. The van der Waals surface area contributed by atoms with E-state index in [0.29, 0.717) is 5.69 Å². The van der Waals surface area contributed by atoms with Crippen LogP contribution in [0, 0.1) is 0 Å². The maximum absolute atomic E-state index is 13.1. The van der Waals surface area contributed by atoms with Crippen molar-refractivity contribution in [2.45, 2.75) is 47.5 Å². The van der Waals surface area contributed by atoms with Gasteiger partial charge >= 0.3 is 23.9 Å². The Balaban J connectivity index is 3.04. The monoisotopic (exact) mass is 473 g/mol. The van der Waals surface area contributed by atoms with Crippen LogP contribution in [0.4, 0.5) is 0 Å². The van der Waals surface area contributed by atoms with Gasteiger partial charge in [-0.05, 0) is 51.3 Å². The van der Waals surface area contributed by atoms with E-state index >= 15 is 0 Å². The van der Waals surface area contributed by atoms with E-state index in [4.69, 9.17) is 18.9 Å². The molecule has 0 aliphatic rings. The second-order valence-electron chi connectivity index (χ2n) is 7.41. The van der Waals surface area contributed by atoms with E-state index in [-0.39, 0.29) is 43.7 Å². The van der Waals surface area contributed by atoms with Gasteiger partial charge in [-0.2, -0.15) is 0 Å². The number of nitrogens with zero attached hydrogens (tertiary/aromatic N) is 1. The van der Waals surface area contributed by atoms with Crippen molar-refractivity contribution >= 4 is 23.9 Å². The van der Waals surface area contributed by atoms with Crippen LogP contribution >= 0.6 is 0 Å². The maximum atomic E-state index is 13.1. The first-order valence-corrected chi connectivity index (χ1v) is 11.3. The first kappa shape index (κ1) is 26.6. The van der Waals surface area contributed by atoms with Gasteiger partial charge in [-0.3, -0.25) is 4.57 Å². The van der Waals surface area contributed by atoms with Gasteiger partial charge in [0.05, 0.1) is 26.4 Å². The van der Waals surface area contributed by atoms with Crippen LogP contribution in [-0.4, -0.2) is 54.9 Å². The molecule has 0 unspecified atom stereocenters. The molecule has 1 aromatic carbocycles. The molecule has 0 atom stereocenters. The number of hydrogen-bond acceptors (Lipinski definition) is 8. The molecule has 2 aromatic rings. The first-order valence-electron chi connectivity index (χ1n) is 11.3. The molecule has 0 fully saturated rings. The third-order valence-electron chi connectivity index (χ3n) is 4.89. The highest BCUT2D eigenvalue weighted by Crippen LogP contribution is 2.31. The van der Waals surface area contributed by atoms with Gasteiger partial charge in [-0.15, -0.1) is 0 Å². The minimum Gasteiger partial charge on any atom is -0.462 e. The lowest BCUT2D eigenvalue weighted by molar-refractivity contribution is 0.0453. The highest BCUT2D eigenvalue weighted by Gasteiger charge is 2.40. The molecule has 0 radical (unpaired) electrons. The van der Waals surface area contributed by atoms with E-state index in [9.17, 15) is 19.2 Å². The van der Waals surface area contributed by atoms with Crippen molar-refractivity contribution in [3.05, 3.63) is 52.3 Å². The third-order valence-corrected chi connectivity index (χ3v) is 4.89. The van der Waals surface area contributed by atoms with Crippen LogP contribution in [0.5, 0.6) is 0 Å². The fourth-order valence-corrected chi connectivity index (χ4v) is 3.43. The zero-order chi connectivity index (χ0) is 25.4. The van der Waals surface area contributed by atoms with Crippen molar-refractivity contribution in [2.75, 3.05) is 26.4 Å². The normalized spacial score (nSPS) is 10.7. The highest BCUT2D eigenvalue weighted by atomic mass is 16.5. The molecule has 1 heterocycles. The van der Waals surface area contributed by atoms with Crippen molar-refractivity contribution in [1.82, 2.24) is 4.57 Å². The predicted molar refractivity (Wildman–Crippen MR) is 124 cm³/mol. The van der Waals surface area contributed by atoms with Crippen LogP contribution in [-0.2, 0) is 18.9 Å². The van der Waals surface area contributed by atoms with Gasteiger partial charge in [0.2, 0.25) is 0 Å². The Labute approximate surface area is 198 Å². The topological polar surface area (TPSA) is 110 Å². The molecule has 0 spiro atoms. The minimum atomic E-state index is -0.961. The lowest BCUT2D eigenvalue weighted by atomic mass is 10.0. The number of esters is 4. The summed E-state index contributed by atoms with van der Waals surface area (Å²) in [4.78, 5) is 52.3. The molecule has 0 N–H and O–H groups in total. The third kappa shape index (κ3) is 5.47. The number of benzene rings is 1. The summed E-state index contributed by atoms with van der Waals surface area (Å²) < 4.78 is 21.9. The van der Waals surface area contributed by atoms with Gasteiger partial charge in [0.15, 0.2) is 0 Å². The van der Waals surface area contributed by atoms with Crippen LogP contribution in [0.3, 0.4) is 0 Å². The Morgan fingerprint density at radius 3 is 1.32 bits per heavy atom. The number of rotatable bonds is 10. The summed E-state index contributed by atoms with van der Waals surface area (Å²) in [6.07, 6.45) is 0. The van der Waals surface area contributed by atoms with Gasteiger partial charge in [0, 0.05) is 5.69 Å². The van der Waals surface area contributed by atoms with Gasteiger partial charge in [0.1, 0.15) is 22.5 Å². The molecule has 184 valence electrons. The maximum Gasteiger partial charge on any atom is 0.356 e. The molecule has 34 heavy (non-hydrogen) atoms.